The molecule has 0 unspecified atom stereocenters. The number of nitrogens with one attached hydrogen (secondary N) is 1. The highest BCUT2D eigenvalue weighted by atomic mass is 16.5. The number of rotatable bonds is 7. The zero-order valence-corrected chi connectivity index (χ0v) is 9.68. The van der Waals surface area contributed by atoms with Crippen LogP contribution in [0.25, 0.3) is 0 Å². The van der Waals surface area contributed by atoms with E-state index in [1.807, 2.05) is 0 Å². The SMILES string of the molecule is CCNCCOCC(C)(C)N(C)C. The van der Waals surface area contributed by atoms with Crippen LogP contribution in [-0.4, -0.2) is 50.8 Å². The largest absolute Gasteiger partial charge is 0.378 e. The number of hydrogen-bond donors (Lipinski definition) is 1. The van der Waals surface area contributed by atoms with Crippen LogP contribution >= 0.6 is 0 Å². The lowest BCUT2D eigenvalue weighted by molar-refractivity contribution is 0.0377. The molecule has 0 atom stereocenters. The van der Waals surface area contributed by atoms with Crippen LogP contribution in [-0.2, 0) is 4.74 Å². The van der Waals surface area contributed by atoms with Crippen molar-refractivity contribution >= 4 is 0 Å². The van der Waals surface area contributed by atoms with E-state index in [4.69, 9.17) is 4.74 Å². The molecular weight excluding hydrogens is 164 g/mol. The predicted molar refractivity (Wildman–Crippen MR) is 57.1 cm³/mol. The molecule has 0 rings (SSSR count). The van der Waals surface area contributed by atoms with Crippen LogP contribution in [0.3, 0.4) is 0 Å². The first-order valence-corrected chi connectivity index (χ1v) is 4.96. The van der Waals surface area contributed by atoms with Crippen molar-refractivity contribution in [3.8, 4) is 0 Å². The number of nitrogens with zero attached hydrogens (tertiary/aromatic N) is 1. The van der Waals surface area contributed by atoms with Gasteiger partial charge in [0.1, 0.15) is 0 Å². The second kappa shape index (κ2) is 6.35. The maximum absolute atomic E-state index is 5.56. The molecule has 0 fully saturated rings. The molecular formula is C10H24N2O. The normalized spacial score (nSPS) is 12.5. The van der Waals surface area contributed by atoms with Crippen LogP contribution < -0.4 is 5.32 Å². The van der Waals surface area contributed by atoms with Gasteiger partial charge in [0.25, 0.3) is 0 Å². The number of ether oxygens (including phenoxy) is 1. The van der Waals surface area contributed by atoms with Gasteiger partial charge in [-0.2, -0.15) is 0 Å². The van der Waals surface area contributed by atoms with Gasteiger partial charge >= 0.3 is 0 Å². The first kappa shape index (κ1) is 12.9. The second-order valence-corrected chi connectivity index (χ2v) is 4.11. The van der Waals surface area contributed by atoms with Crippen molar-refractivity contribution in [2.45, 2.75) is 26.3 Å². The lowest BCUT2D eigenvalue weighted by Crippen LogP contribution is -2.42. The van der Waals surface area contributed by atoms with Crippen molar-refractivity contribution < 1.29 is 4.74 Å². The van der Waals surface area contributed by atoms with E-state index >= 15 is 0 Å². The van der Waals surface area contributed by atoms with Crippen LogP contribution in [0.4, 0.5) is 0 Å². The summed E-state index contributed by atoms with van der Waals surface area (Å²) in [5, 5.41) is 3.23. The van der Waals surface area contributed by atoms with E-state index in [9.17, 15) is 0 Å². The molecule has 0 amide bonds. The van der Waals surface area contributed by atoms with Gasteiger partial charge in [-0.25, -0.2) is 0 Å². The Kier molecular flexibility index (Phi) is 6.29. The molecule has 0 bridgehead atoms. The maximum atomic E-state index is 5.56. The fourth-order valence-electron chi connectivity index (χ4n) is 0.772. The Morgan fingerprint density at radius 3 is 2.38 bits per heavy atom. The van der Waals surface area contributed by atoms with Crippen LogP contribution in [0.1, 0.15) is 20.8 Å². The number of hydrogen-bond acceptors (Lipinski definition) is 3. The summed E-state index contributed by atoms with van der Waals surface area (Å²) in [6, 6.07) is 0. The smallest absolute Gasteiger partial charge is 0.0645 e. The summed E-state index contributed by atoms with van der Waals surface area (Å²) < 4.78 is 5.56. The van der Waals surface area contributed by atoms with Gasteiger partial charge in [-0.3, -0.25) is 0 Å². The molecule has 0 radical (unpaired) electrons. The highest BCUT2D eigenvalue weighted by Gasteiger charge is 2.19. The first-order valence-electron chi connectivity index (χ1n) is 4.96. The highest BCUT2D eigenvalue weighted by molar-refractivity contribution is 4.75. The van der Waals surface area contributed by atoms with Gasteiger partial charge in [-0.1, -0.05) is 6.92 Å². The van der Waals surface area contributed by atoms with E-state index in [1.165, 1.54) is 0 Å². The van der Waals surface area contributed by atoms with Crippen molar-refractivity contribution in [2.75, 3.05) is 40.4 Å². The number of likely N-dealkylation sites (N-methyl/N-ethyl adjacent to an activating group) is 2. The van der Waals surface area contributed by atoms with Crippen LogP contribution in [0.2, 0.25) is 0 Å². The minimum absolute atomic E-state index is 0.131. The van der Waals surface area contributed by atoms with E-state index in [0.717, 1.165) is 26.3 Å². The van der Waals surface area contributed by atoms with Gasteiger partial charge in [0.15, 0.2) is 0 Å². The molecule has 1 N–H and O–H groups in total. The third-order valence-electron chi connectivity index (χ3n) is 2.34. The Hall–Kier alpha value is -0.120. The minimum atomic E-state index is 0.131. The summed E-state index contributed by atoms with van der Waals surface area (Å²) in [5.74, 6) is 0. The third kappa shape index (κ3) is 6.02. The summed E-state index contributed by atoms with van der Waals surface area (Å²) in [6.45, 7) is 10.0. The molecule has 0 spiro atoms. The van der Waals surface area contributed by atoms with Gasteiger partial charge in [0, 0.05) is 12.1 Å². The fourth-order valence-corrected chi connectivity index (χ4v) is 0.772. The topological polar surface area (TPSA) is 24.5 Å². The third-order valence-corrected chi connectivity index (χ3v) is 2.34. The Bertz CT molecular complexity index is 124. The standard InChI is InChI=1S/C10H24N2O/c1-6-11-7-8-13-9-10(2,3)12(4)5/h11H,6-9H2,1-5H3. The van der Waals surface area contributed by atoms with Crippen molar-refractivity contribution in [3.63, 3.8) is 0 Å². The average molecular weight is 188 g/mol. The van der Waals surface area contributed by atoms with Crippen LogP contribution in [0, 0.1) is 0 Å². The van der Waals surface area contributed by atoms with Crippen molar-refractivity contribution in [1.82, 2.24) is 10.2 Å². The maximum Gasteiger partial charge on any atom is 0.0645 e. The van der Waals surface area contributed by atoms with Gasteiger partial charge in [-0.15, -0.1) is 0 Å². The Morgan fingerprint density at radius 1 is 1.31 bits per heavy atom. The molecule has 0 aromatic heterocycles. The van der Waals surface area contributed by atoms with Gasteiger partial charge in [-0.05, 0) is 34.5 Å². The Balaban J connectivity index is 3.41. The summed E-state index contributed by atoms with van der Waals surface area (Å²) in [5.41, 5.74) is 0.131. The molecule has 3 nitrogen and oxygen atoms in total. The molecule has 13 heavy (non-hydrogen) atoms. The van der Waals surface area contributed by atoms with E-state index in [0.29, 0.717) is 0 Å². The molecule has 0 aromatic rings. The minimum Gasteiger partial charge on any atom is -0.378 e. The van der Waals surface area contributed by atoms with Gasteiger partial charge < -0.3 is 15.0 Å². The molecule has 0 aliphatic carbocycles. The zero-order valence-electron chi connectivity index (χ0n) is 9.68. The van der Waals surface area contributed by atoms with Gasteiger partial charge in [0.05, 0.1) is 13.2 Å². The quantitative estimate of drug-likeness (QED) is 0.602. The molecule has 3 heteroatoms. The van der Waals surface area contributed by atoms with Crippen molar-refractivity contribution in [1.29, 1.82) is 0 Å². The molecule has 0 heterocycles. The lowest BCUT2D eigenvalue weighted by Gasteiger charge is -2.32. The van der Waals surface area contributed by atoms with Crippen LogP contribution in [0.5, 0.6) is 0 Å². The van der Waals surface area contributed by atoms with Crippen molar-refractivity contribution in [3.05, 3.63) is 0 Å². The molecule has 0 aliphatic rings. The van der Waals surface area contributed by atoms with Gasteiger partial charge in [0.2, 0.25) is 0 Å². The molecule has 0 saturated heterocycles. The molecule has 0 aliphatic heterocycles. The Morgan fingerprint density at radius 2 is 1.92 bits per heavy atom. The second-order valence-electron chi connectivity index (χ2n) is 4.11. The fraction of sp³-hybridized carbons (Fsp3) is 1.00. The highest BCUT2D eigenvalue weighted by Crippen LogP contribution is 2.09. The monoisotopic (exact) mass is 188 g/mol. The van der Waals surface area contributed by atoms with Crippen LogP contribution in [0.15, 0.2) is 0 Å². The summed E-state index contributed by atoms with van der Waals surface area (Å²) in [4.78, 5) is 2.18. The first-order chi connectivity index (χ1) is 6.00. The van der Waals surface area contributed by atoms with E-state index in [-0.39, 0.29) is 5.54 Å². The van der Waals surface area contributed by atoms with E-state index in [1.54, 1.807) is 0 Å². The van der Waals surface area contributed by atoms with E-state index < -0.39 is 0 Å². The molecule has 0 saturated carbocycles. The van der Waals surface area contributed by atoms with E-state index in [2.05, 4.69) is 45.1 Å². The summed E-state index contributed by atoms with van der Waals surface area (Å²) in [7, 11) is 4.15. The zero-order chi connectivity index (χ0) is 10.3. The average Bonchev–Trinajstić information content (AvgIpc) is 2.03. The molecule has 80 valence electrons. The summed E-state index contributed by atoms with van der Waals surface area (Å²) in [6.07, 6.45) is 0. The van der Waals surface area contributed by atoms with Crippen molar-refractivity contribution in [2.24, 2.45) is 0 Å². The predicted octanol–water partition coefficient (Wildman–Crippen LogP) is 0.953. The molecule has 0 aromatic carbocycles. The lowest BCUT2D eigenvalue weighted by atomic mass is 10.1. The summed E-state index contributed by atoms with van der Waals surface area (Å²) >= 11 is 0. The Labute approximate surface area is 82.4 Å².